The quantitative estimate of drug-likeness (QED) is 0.851. The van der Waals surface area contributed by atoms with E-state index in [0.717, 1.165) is 0 Å². The minimum atomic E-state index is -0.303. The number of carbonyl (C=O) groups is 1. The van der Waals surface area contributed by atoms with Gasteiger partial charge in [0.1, 0.15) is 0 Å². The average Bonchev–Trinajstić information content (AvgIpc) is 2.49. The van der Waals surface area contributed by atoms with Crippen molar-refractivity contribution >= 4 is 28.9 Å². The van der Waals surface area contributed by atoms with Crippen LogP contribution in [0.15, 0.2) is 36.4 Å². The van der Waals surface area contributed by atoms with Crippen LogP contribution in [0.4, 0.5) is 11.4 Å². The molecule has 5 nitrogen and oxygen atoms in total. The summed E-state index contributed by atoms with van der Waals surface area (Å²) in [6.45, 7) is 0. The highest BCUT2D eigenvalue weighted by Crippen LogP contribution is 2.29. The third kappa shape index (κ3) is 3.38. The molecule has 0 fully saturated rings. The molecule has 2 rings (SSSR count). The maximum Gasteiger partial charge on any atom is 0.255 e. The summed E-state index contributed by atoms with van der Waals surface area (Å²) in [7, 11) is 3.04. The Labute approximate surface area is 127 Å². The predicted octanol–water partition coefficient (Wildman–Crippen LogP) is 3.19. The smallest absolute Gasteiger partial charge is 0.255 e. The van der Waals surface area contributed by atoms with Crippen molar-refractivity contribution in [2.45, 2.75) is 0 Å². The second kappa shape index (κ2) is 6.37. The van der Waals surface area contributed by atoms with Gasteiger partial charge in [0.15, 0.2) is 11.5 Å². The fourth-order valence-corrected chi connectivity index (χ4v) is 2.04. The van der Waals surface area contributed by atoms with Crippen LogP contribution in [0.3, 0.4) is 0 Å². The molecule has 0 saturated heterocycles. The molecule has 110 valence electrons. The van der Waals surface area contributed by atoms with Gasteiger partial charge in [0.2, 0.25) is 0 Å². The van der Waals surface area contributed by atoms with E-state index in [-0.39, 0.29) is 5.91 Å². The third-order valence-corrected chi connectivity index (χ3v) is 3.20. The van der Waals surface area contributed by atoms with Crippen molar-refractivity contribution in [2.75, 3.05) is 25.3 Å². The SMILES string of the molecule is COc1ccc(C(=O)Nc2ccc(N)cc2Cl)cc1OC. The van der Waals surface area contributed by atoms with Crippen molar-refractivity contribution in [1.82, 2.24) is 0 Å². The number of nitrogens with one attached hydrogen (secondary N) is 1. The maximum absolute atomic E-state index is 12.2. The van der Waals surface area contributed by atoms with Crippen molar-refractivity contribution < 1.29 is 14.3 Å². The summed E-state index contributed by atoms with van der Waals surface area (Å²) in [5, 5.41) is 3.10. The van der Waals surface area contributed by atoms with Gasteiger partial charge in [-0.1, -0.05) is 11.6 Å². The second-order valence-electron chi connectivity index (χ2n) is 4.26. The number of benzene rings is 2. The fraction of sp³-hybridized carbons (Fsp3) is 0.133. The highest BCUT2D eigenvalue weighted by Gasteiger charge is 2.12. The Morgan fingerprint density at radius 1 is 1.10 bits per heavy atom. The molecule has 2 aromatic carbocycles. The molecule has 0 aliphatic carbocycles. The molecular formula is C15H15ClN2O3. The van der Waals surface area contributed by atoms with Gasteiger partial charge in [-0.25, -0.2) is 0 Å². The molecule has 0 aromatic heterocycles. The topological polar surface area (TPSA) is 73.6 Å². The van der Waals surface area contributed by atoms with E-state index in [9.17, 15) is 4.79 Å². The second-order valence-corrected chi connectivity index (χ2v) is 4.67. The normalized spacial score (nSPS) is 10.0. The van der Waals surface area contributed by atoms with Gasteiger partial charge in [-0.05, 0) is 36.4 Å². The van der Waals surface area contributed by atoms with E-state index in [4.69, 9.17) is 26.8 Å². The molecule has 0 radical (unpaired) electrons. The largest absolute Gasteiger partial charge is 0.493 e. The lowest BCUT2D eigenvalue weighted by molar-refractivity contribution is 0.102. The first kappa shape index (κ1) is 15.0. The number of hydrogen-bond donors (Lipinski definition) is 2. The van der Waals surface area contributed by atoms with Gasteiger partial charge in [-0.3, -0.25) is 4.79 Å². The Balaban J connectivity index is 2.24. The number of rotatable bonds is 4. The van der Waals surface area contributed by atoms with Gasteiger partial charge in [0, 0.05) is 11.3 Å². The molecule has 0 aliphatic heterocycles. The minimum absolute atomic E-state index is 0.303. The Morgan fingerprint density at radius 2 is 1.81 bits per heavy atom. The monoisotopic (exact) mass is 306 g/mol. The number of amides is 1. The Bertz CT molecular complexity index is 674. The van der Waals surface area contributed by atoms with E-state index >= 15 is 0 Å². The number of hydrogen-bond acceptors (Lipinski definition) is 4. The van der Waals surface area contributed by atoms with Gasteiger partial charge in [-0.2, -0.15) is 0 Å². The van der Waals surface area contributed by atoms with Gasteiger partial charge >= 0.3 is 0 Å². The summed E-state index contributed by atoms with van der Waals surface area (Å²) in [6.07, 6.45) is 0. The molecule has 0 heterocycles. The van der Waals surface area contributed by atoms with Gasteiger partial charge < -0.3 is 20.5 Å². The zero-order chi connectivity index (χ0) is 15.4. The lowest BCUT2D eigenvalue weighted by Crippen LogP contribution is -2.12. The number of carbonyl (C=O) groups excluding carboxylic acids is 1. The van der Waals surface area contributed by atoms with Crippen LogP contribution in [0.2, 0.25) is 5.02 Å². The van der Waals surface area contributed by atoms with Crippen LogP contribution in [0, 0.1) is 0 Å². The maximum atomic E-state index is 12.2. The molecule has 0 spiro atoms. The van der Waals surface area contributed by atoms with Crippen LogP contribution in [-0.2, 0) is 0 Å². The fourth-order valence-electron chi connectivity index (χ4n) is 1.80. The molecule has 21 heavy (non-hydrogen) atoms. The molecular weight excluding hydrogens is 292 g/mol. The summed E-state index contributed by atoms with van der Waals surface area (Å²) >= 11 is 6.03. The predicted molar refractivity (Wildman–Crippen MR) is 83.4 cm³/mol. The molecule has 0 atom stereocenters. The van der Waals surface area contributed by atoms with Crippen LogP contribution >= 0.6 is 11.6 Å². The highest BCUT2D eigenvalue weighted by molar-refractivity contribution is 6.34. The van der Waals surface area contributed by atoms with Crippen LogP contribution < -0.4 is 20.5 Å². The molecule has 0 bridgehead atoms. The Morgan fingerprint density at radius 3 is 2.43 bits per heavy atom. The van der Waals surface area contributed by atoms with Crippen LogP contribution in [0.25, 0.3) is 0 Å². The molecule has 3 N–H and O–H groups in total. The Hall–Kier alpha value is -2.40. The molecule has 6 heteroatoms. The number of nitrogens with two attached hydrogens (primary N) is 1. The standard InChI is InChI=1S/C15H15ClN2O3/c1-20-13-6-3-9(7-14(13)21-2)15(19)18-12-5-4-10(17)8-11(12)16/h3-8H,17H2,1-2H3,(H,18,19). The minimum Gasteiger partial charge on any atom is -0.493 e. The lowest BCUT2D eigenvalue weighted by Gasteiger charge is -2.11. The lowest BCUT2D eigenvalue weighted by atomic mass is 10.1. The summed E-state index contributed by atoms with van der Waals surface area (Å²) < 4.78 is 10.3. The Kier molecular flexibility index (Phi) is 4.55. The number of anilines is 2. The third-order valence-electron chi connectivity index (χ3n) is 2.89. The molecule has 0 saturated carbocycles. The zero-order valence-corrected chi connectivity index (χ0v) is 12.4. The molecule has 0 unspecified atom stereocenters. The number of ether oxygens (including phenoxy) is 2. The van der Waals surface area contributed by atoms with Crippen molar-refractivity contribution in [3.63, 3.8) is 0 Å². The first-order valence-corrected chi connectivity index (χ1v) is 6.51. The number of halogens is 1. The van der Waals surface area contributed by atoms with Crippen molar-refractivity contribution in [2.24, 2.45) is 0 Å². The van der Waals surface area contributed by atoms with E-state index in [0.29, 0.717) is 33.5 Å². The first-order valence-electron chi connectivity index (χ1n) is 6.13. The highest BCUT2D eigenvalue weighted by atomic mass is 35.5. The molecule has 2 aromatic rings. The van der Waals surface area contributed by atoms with Crippen molar-refractivity contribution in [3.05, 3.63) is 47.0 Å². The number of nitrogen functional groups attached to an aromatic ring is 1. The van der Waals surface area contributed by atoms with Gasteiger partial charge in [0.25, 0.3) is 5.91 Å². The summed E-state index contributed by atoms with van der Waals surface area (Å²) in [5.74, 6) is 0.732. The van der Waals surface area contributed by atoms with Crippen LogP contribution in [0.5, 0.6) is 11.5 Å². The van der Waals surface area contributed by atoms with Crippen molar-refractivity contribution in [1.29, 1.82) is 0 Å². The van der Waals surface area contributed by atoms with Crippen LogP contribution in [-0.4, -0.2) is 20.1 Å². The van der Waals surface area contributed by atoms with Gasteiger partial charge in [-0.15, -0.1) is 0 Å². The van der Waals surface area contributed by atoms with Crippen molar-refractivity contribution in [3.8, 4) is 11.5 Å². The van der Waals surface area contributed by atoms with E-state index in [2.05, 4.69) is 5.32 Å². The average molecular weight is 307 g/mol. The van der Waals surface area contributed by atoms with E-state index in [1.54, 1.807) is 36.4 Å². The van der Waals surface area contributed by atoms with Gasteiger partial charge in [0.05, 0.1) is 24.9 Å². The summed E-state index contributed by atoms with van der Waals surface area (Å²) in [4.78, 5) is 12.2. The van der Waals surface area contributed by atoms with E-state index < -0.39 is 0 Å². The number of methoxy groups -OCH3 is 2. The first-order chi connectivity index (χ1) is 10.0. The summed E-state index contributed by atoms with van der Waals surface area (Å²) in [5.41, 5.74) is 7.07. The van der Waals surface area contributed by atoms with E-state index in [1.807, 2.05) is 0 Å². The van der Waals surface area contributed by atoms with E-state index in [1.165, 1.54) is 14.2 Å². The van der Waals surface area contributed by atoms with Crippen LogP contribution in [0.1, 0.15) is 10.4 Å². The zero-order valence-electron chi connectivity index (χ0n) is 11.6. The molecule has 1 amide bonds. The molecule has 0 aliphatic rings. The summed E-state index contributed by atoms with van der Waals surface area (Å²) in [6, 6.07) is 9.79.